The molecule has 0 bridgehead atoms. The molecule has 0 fully saturated rings. The van der Waals surface area contributed by atoms with Crippen molar-refractivity contribution in [1.29, 1.82) is 0 Å². The van der Waals surface area contributed by atoms with E-state index in [9.17, 15) is 19.2 Å². The molecule has 12 heteroatoms. The lowest BCUT2D eigenvalue weighted by Gasteiger charge is -2.25. The quantitative estimate of drug-likeness (QED) is 0.0627. The highest BCUT2D eigenvalue weighted by Crippen LogP contribution is 2.43. The SMILES string of the molecule is CCC(=O)CCCSSC(C)(C)CCC(=O)N(C)c1cc(COc2cc3c(cc2C)C(=O)N2c4ccccc4C[C@H]2CC3)cc(COc2cc3c(cc2OC)C(=O)N2c4ccccc4C[C@H]2CC3)c1. The van der Waals surface area contributed by atoms with E-state index in [0.717, 1.165) is 107 Å². The van der Waals surface area contributed by atoms with Crippen LogP contribution in [0.2, 0.25) is 0 Å². The van der Waals surface area contributed by atoms with E-state index in [-0.39, 0.29) is 47.8 Å². The van der Waals surface area contributed by atoms with Crippen LogP contribution in [-0.4, -0.2) is 60.2 Å². The average Bonchev–Trinajstić information content (AvgIpc) is 3.85. The number of para-hydroxylation sites is 2. The second-order valence-electron chi connectivity index (χ2n) is 19.5. The molecule has 3 amide bonds. The van der Waals surface area contributed by atoms with Gasteiger partial charge in [0.05, 0.1) is 7.11 Å². The van der Waals surface area contributed by atoms with Crippen molar-refractivity contribution >= 4 is 62.2 Å². The summed E-state index contributed by atoms with van der Waals surface area (Å²) in [6.45, 7) is 8.64. The fourth-order valence-corrected chi connectivity index (χ4v) is 13.0. The van der Waals surface area contributed by atoms with Crippen molar-refractivity contribution < 1.29 is 33.4 Å². The lowest BCUT2D eigenvalue weighted by molar-refractivity contribution is -0.119. The first-order chi connectivity index (χ1) is 33.3. The molecule has 0 aromatic heterocycles. The minimum Gasteiger partial charge on any atom is -0.493 e. The molecule has 0 aliphatic carbocycles. The smallest absolute Gasteiger partial charge is 0.258 e. The number of anilines is 3. The number of Topliss-reactive ketones (excluding diaryl/α,β-unsaturated/α-hetero) is 1. The number of ketones is 1. The van der Waals surface area contributed by atoms with Crippen molar-refractivity contribution in [2.45, 2.75) is 128 Å². The molecule has 2 atom stereocenters. The average molecular weight is 966 g/mol. The Labute approximate surface area is 414 Å². The molecular weight excluding hydrogens is 903 g/mol. The molecule has 360 valence electrons. The van der Waals surface area contributed by atoms with Crippen LogP contribution in [0.1, 0.15) is 125 Å². The van der Waals surface area contributed by atoms with Gasteiger partial charge in [0, 0.05) is 77.1 Å². The molecule has 9 rings (SSSR count). The molecule has 69 heavy (non-hydrogen) atoms. The summed E-state index contributed by atoms with van der Waals surface area (Å²) in [6.07, 6.45) is 8.05. The molecule has 0 saturated heterocycles. The molecule has 5 aromatic carbocycles. The molecule has 0 N–H and O–H groups in total. The number of amides is 3. The third-order valence-electron chi connectivity index (χ3n) is 14.2. The van der Waals surface area contributed by atoms with Crippen molar-refractivity contribution in [2.24, 2.45) is 0 Å². The number of fused-ring (bicyclic) bond motifs is 8. The van der Waals surface area contributed by atoms with Gasteiger partial charge in [-0.1, -0.05) is 64.9 Å². The number of hydrogen-bond donors (Lipinski definition) is 0. The van der Waals surface area contributed by atoms with Crippen LogP contribution in [0.5, 0.6) is 17.2 Å². The monoisotopic (exact) mass is 965 g/mol. The van der Waals surface area contributed by atoms with Crippen LogP contribution in [0.4, 0.5) is 17.1 Å². The Hall–Kier alpha value is -5.72. The van der Waals surface area contributed by atoms with Gasteiger partial charge in [0.1, 0.15) is 24.7 Å². The minimum atomic E-state index is -0.139. The highest BCUT2D eigenvalue weighted by atomic mass is 33.1. The van der Waals surface area contributed by atoms with E-state index in [0.29, 0.717) is 48.5 Å². The molecule has 10 nitrogen and oxygen atoms in total. The van der Waals surface area contributed by atoms with Crippen LogP contribution in [0.25, 0.3) is 0 Å². The van der Waals surface area contributed by atoms with Crippen LogP contribution in [0.3, 0.4) is 0 Å². The zero-order chi connectivity index (χ0) is 48.4. The van der Waals surface area contributed by atoms with Gasteiger partial charge >= 0.3 is 0 Å². The summed E-state index contributed by atoms with van der Waals surface area (Å²) < 4.78 is 18.9. The van der Waals surface area contributed by atoms with E-state index >= 15 is 0 Å². The number of ether oxygens (including phenoxy) is 3. The predicted octanol–water partition coefficient (Wildman–Crippen LogP) is 11.9. The van der Waals surface area contributed by atoms with E-state index in [1.165, 1.54) is 11.1 Å². The third-order valence-corrected chi connectivity index (χ3v) is 17.7. The Kier molecular flexibility index (Phi) is 14.5. The van der Waals surface area contributed by atoms with Crippen molar-refractivity contribution in [3.63, 3.8) is 0 Å². The molecule has 0 spiro atoms. The van der Waals surface area contributed by atoms with Gasteiger partial charge in [-0.05, 0) is 166 Å². The lowest BCUT2D eigenvalue weighted by Crippen LogP contribution is -2.36. The molecule has 0 unspecified atom stereocenters. The first-order valence-electron chi connectivity index (χ1n) is 24.5. The number of methoxy groups -OCH3 is 1. The summed E-state index contributed by atoms with van der Waals surface area (Å²) in [5, 5.41) is 0. The topological polar surface area (TPSA) is 106 Å². The molecule has 4 heterocycles. The van der Waals surface area contributed by atoms with Gasteiger partial charge in [0.25, 0.3) is 11.8 Å². The maximum Gasteiger partial charge on any atom is 0.258 e. The number of carbonyl (C=O) groups is 4. The van der Waals surface area contributed by atoms with Gasteiger partial charge in [-0.25, -0.2) is 0 Å². The molecular formula is C57H63N3O7S2. The molecule has 4 aliphatic rings. The summed E-state index contributed by atoms with van der Waals surface area (Å²) >= 11 is 0. The van der Waals surface area contributed by atoms with Crippen LogP contribution in [-0.2, 0) is 48.5 Å². The Balaban J connectivity index is 0.938. The zero-order valence-electron chi connectivity index (χ0n) is 40.7. The van der Waals surface area contributed by atoms with E-state index < -0.39 is 0 Å². The van der Waals surface area contributed by atoms with Gasteiger partial charge in [-0.2, -0.15) is 0 Å². The summed E-state index contributed by atoms with van der Waals surface area (Å²) in [7, 11) is 6.96. The maximum atomic E-state index is 14.2. The Morgan fingerprint density at radius 2 is 1.29 bits per heavy atom. The first kappa shape index (κ1) is 48.3. The molecule has 0 radical (unpaired) electrons. The highest BCUT2D eigenvalue weighted by Gasteiger charge is 2.39. The van der Waals surface area contributed by atoms with Crippen LogP contribution >= 0.6 is 21.6 Å². The van der Waals surface area contributed by atoms with Crippen molar-refractivity contribution in [3.8, 4) is 17.2 Å². The Morgan fingerprint density at radius 1 is 0.725 bits per heavy atom. The lowest BCUT2D eigenvalue weighted by atomic mass is 9.98. The minimum absolute atomic E-state index is 0.00164. The Morgan fingerprint density at radius 3 is 1.88 bits per heavy atom. The summed E-state index contributed by atoms with van der Waals surface area (Å²) in [5.41, 5.74) is 11.0. The van der Waals surface area contributed by atoms with Crippen LogP contribution in [0, 0.1) is 6.92 Å². The van der Waals surface area contributed by atoms with Crippen molar-refractivity contribution in [2.75, 3.05) is 34.6 Å². The fourth-order valence-electron chi connectivity index (χ4n) is 10.3. The molecule has 0 saturated carbocycles. The number of rotatable bonds is 18. The van der Waals surface area contributed by atoms with Gasteiger partial charge in [-0.3, -0.25) is 19.2 Å². The van der Waals surface area contributed by atoms with Gasteiger partial charge in [-0.15, -0.1) is 0 Å². The fraction of sp³-hybridized carbons (Fsp3) is 0.404. The van der Waals surface area contributed by atoms with Gasteiger partial charge < -0.3 is 28.9 Å². The molecule has 4 aliphatic heterocycles. The number of hydrogen-bond acceptors (Lipinski definition) is 9. The summed E-state index contributed by atoms with van der Waals surface area (Å²) in [4.78, 5) is 59.7. The largest absolute Gasteiger partial charge is 0.493 e. The predicted molar refractivity (Wildman–Crippen MR) is 279 cm³/mol. The van der Waals surface area contributed by atoms with Gasteiger partial charge in [0.15, 0.2) is 11.5 Å². The van der Waals surface area contributed by atoms with E-state index in [1.54, 1.807) is 33.6 Å². The summed E-state index contributed by atoms with van der Waals surface area (Å²) in [5.74, 6) is 2.97. The second-order valence-corrected chi connectivity index (χ2v) is 22.7. The highest BCUT2D eigenvalue weighted by molar-refractivity contribution is 8.77. The maximum absolute atomic E-state index is 14.2. The van der Waals surface area contributed by atoms with Crippen molar-refractivity contribution in [3.05, 3.63) is 141 Å². The molecule has 5 aromatic rings. The van der Waals surface area contributed by atoms with Crippen molar-refractivity contribution in [1.82, 2.24) is 0 Å². The normalized spacial score (nSPS) is 16.9. The standard InChI is InChI=1S/C57H63N3O7S2/c1-7-46(61)15-12-24-68-69-57(3,4)23-22-54(62)58(5)45-27-37(34-66-51-31-39-18-20-43-29-41-13-8-10-16-49(41)59(43)55(63)47(39)25-36(51)2)26-38(28-45)35-67-53-32-40-19-21-44-30-42-14-9-11-17-50(42)60(44)56(64)48(40)33-52(53)65-6/h8-11,13-14,16-17,25-28,31-33,43-44H,7,12,15,18-24,29-30,34-35H2,1-6H3/t43-,44-/m1/s1. The van der Waals surface area contributed by atoms with Gasteiger partial charge in [0.2, 0.25) is 5.91 Å². The van der Waals surface area contributed by atoms with E-state index in [2.05, 4.69) is 32.0 Å². The zero-order valence-corrected chi connectivity index (χ0v) is 42.4. The number of benzene rings is 5. The second kappa shape index (κ2) is 20.7. The van der Waals surface area contributed by atoms with Crippen LogP contribution in [0.15, 0.2) is 91.0 Å². The summed E-state index contributed by atoms with van der Waals surface area (Å²) in [6, 6.07) is 30.5. The van der Waals surface area contributed by atoms with E-state index in [4.69, 9.17) is 14.2 Å². The first-order valence-corrected chi connectivity index (χ1v) is 26.8. The van der Waals surface area contributed by atoms with E-state index in [1.807, 2.05) is 103 Å². The number of carbonyl (C=O) groups excluding carboxylic acids is 4. The number of nitrogens with zero attached hydrogens (tertiary/aromatic N) is 3. The van der Waals surface area contributed by atoms with Crippen LogP contribution < -0.4 is 28.9 Å². The Bertz CT molecular complexity index is 2790. The third kappa shape index (κ3) is 10.4. The number of aryl methyl sites for hydroxylation is 3.